The summed E-state index contributed by atoms with van der Waals surface area (Å²) in [5.74, 6) is 0.156. The summed E-state index contributed by atoms with van der Waals surface area (Å²) >= 11 is 0. The van der Waals surface area contributed by atoms with Crippen molar-refractivity contribution in [2.24, 2.45) is 17.3 Å². The molecule has 1 fully saturated rings. The molecule has 0 aromatic heterocycles. The molecule has 0 spiro atoms. The minimum absolute atomic E-state index is 0.0380. The van der Waals surface area contributed by atoms with Crippen LogP contribution in [0.4, 0.5) is 0 Å². The van der Waals surface area contributed by atoms with Gasteiger partial charge in [-0.15, -0.1) is 0 Å². The van der Waals surface area contributed by atoms with Gasteiger partial charge in [0.25, 0.3) is 0 Å². The first-order chi connectivity index (χ1) is 22.2. The lowest BCUT2D eigenvalue weighted by Crippen LogP contribution is -2.43. The SMILES string of the molecule is CCC(C)CC(CC(CC(C)(CCC(C)C(=O)OC)C(=O)OC1CCCCC1)(c1ccccc1)c1ccccc1)c1ccccc1. The van der Waals surface area contributed by atoms with E-state index in [0.29, 0.717) is 25.2 Å². The summed E-state index contributed by atoms with van der Waals surface area (Å²) in [6.45, 7) is 8.62. The maximum absolute atomic E-state index is 14.6. The fraction of sp³-hybridized carbons (Fsp3) is 0.524. The predicted octanol–water partition coefficient (Wildman–Crippen LogP) is 10.4. The minimum atomic E-state index is -0.830. The molecule has 0 N–H and O–H groups in total. The van der Waals surface area contributed by atoms with Crippen molar-refractivity contribution in [3.8, 4) is 0 Å². The van der Waals surface area contributed by atoms with Gasteiger partial charge in [0.2, 0.25) is 0 Å². The first-order valence-corrected chi connectivity index (χ1v) is 17.7. The molecule has 0 radical (unpaired) electrons. The van der Waals surface area contributed by atoms with E-state index in [2.05, 4.69) is 112 Å². The maximum atomic E-state index is 14.6. The number of methoxy groups -OCH3 is 1. The number of ether oxygens (including phenoxy) is 2. The molecule has 4 atom stereocenters. The molecule has 0 bridgehead atoms. The number of hydrogen-bond donors (Lipinski definition) is 0. The normalized spacial score (nSPS) is 17.3. The van der Waals surface area contributed by atoms with Crippen molar-refractivity contribution in [2.45, 2.75) is 116 Å². The van der Waals surface area contributed by atoms with Crippen LogP contribution >= 0.6 is 0 Å². The molecule has 4 heteroatoms. The van der Waals surface area contributed by atoms with Gasteiger partial charge in [-0.25, -0.2) is 0 Å². The van der Waals surface area contributed by atoms with E-state index in [-0.39, 0.29) is 29.9 Å². The van der Waals surface area contributed by atoms with Crippen molar-refractivity contribution in [3.63, 3.8) is 0 Å². The molecule has 3 aromatic rings. The molecule has 248 valence electrons. The van der Waals surface area contributed by atoms with Gasteiger partial charge in [0.1, 0.15) is 6.10 Å². The number of hydrogen-bond acceptors (Lipinski definition) is 4. The first-order valence-electron chi connectivity index (χ1n) is 17.7. The molecule has 0 heterocycles. The van der Waals surface area contributed by atoms with Crippen molar-refractivity contribution in [3.05, 3.63) is 108 Å². The molecule has 3 aromatic carbocycles. The van der Waals surface area contributed by atoms with Gasteiger partial charge >= 0.3 is 11.9 Å². The number of carbonyl (C=O) groups is 2. The Morgan fingerprint density at radius 1 is 0.826 bits per heavy atom. The van der Waals surface area contributed by atoms with Gasteiger partial charge in [0.05, 0.1) is 18.4 Å². The van der Waals surface area contributed by atoms with E-state index in [1.54, 1.807) is 0 Å². The zero-order chi connectivity index (χ0) is 33.0. The van der Waals surface area contributed by atoms with E-state index in [0.717, 1.165) is 44.9 Å². The third kappa shape index (κ3) is 9.11. The summed E-state index contributed by atoms with van der Waals surface area (Å²) in [6.07, 6.45) is 9.91. The van der Waals surface area contributed by atoms with Crippen molar-refractivity contribution in [1.82, 2.24) is 0 Å². The van der Waals surface area contributed by atoms with Crippen LogP contribution in [0.5, 0.6) is 0 Å². The average molecular weight is 625 g/mol. The largest absolute Gasteiger partial charge is 0.469 e. The van der Waals surface area contributed by atoms with Gasteiger partial charge in [0, 0.05) is 5.41 Å². The molecular weight excluding hydrogens is 568 g/mol. The molecule has 1 aliphatic carbocycles. The quantitative estimate of drug-likeness (QED) is 0.149. The highest BCUT2D eigenvalue weighted by atomic mass is 16.5. The number of esters is 2. The molecule has 4 unspecified atom stereocenters. The van der Waals surface area contributed by atoms with E-state index in [1.165, 1.54) is 30.2 Å². The summed E-state index contributed by atoms with van der Waals surface area (Å²) in [5, 5.41) is 0. The number of rotatable bonds is 16. The molecular formula is C42H56O4. The van der Waals surface area contributed by atoms with E-state index >= 15 is 0 Å². The standard InChI is InChI=1S/C42H56O4/c1-6-32(2)29-35(34-19-11-7-12-20-34)30-42(36-21-13-8-14-22-36,37-23-15-9-16-24-37)31-41(4,28-27-33(3)39(43)45-5)40(44)46-38-25-17-10-18-26-38/h7-9,11-16,19-24,32-33,35,38H,6,10,17-18,25-31H2,1-5H3. The highest BCUT2D eigenvalue weighted by Gasteiger charge is 2.48. The Bertz CT molecular complexity index is 1290. The molecule has 0 saturated heterocycles. The predicted molar refractivity (Wildman–Crippen MR) is 188 cm³/mol. The van der Waals surface area contributed by atoms with Crippen LogP contribution < -0.4 is 0 Å². The second-order valence-electron chi connectivity index (χ2n) is 14.2. The van der Waals surface area contributed by atoms with Crippen LogP contribution in [0.2, 0.25) is 0 Å². The smallest absolute Gasteiger partial charge is 0.312 e. The van der Waals surface area contributed by atoms with Crippen LogP contribution in [0, 0.1) is 17.3 Å². The summed E-state index contributed by atoms with van der Waals surface area (Å²) in [4.78, 5) is 27.1. The van der Waals surface area contributed by atoms with Crippen LogP contribution in [0.15, 0.2) is 91.0 Å². The van der Waals surface area contributed by atoms with E-state index in [9.17, 15) is 9.59 Å². The number of benzene rings is 3. The lowest BCUT2D eigenvalue weighted by Gasteiger charge is -2.44. The molecule has 4 nitrogen and oxygen atoms in total. The average Bonchev–Trinajstić information content (AvgIpc) is 3.11. The van der Waals surface area contributed by atoms with Gasteiger partial charge in [-0.1, -0.05) is 125 Å². The Morgan fingerprint density at radius 3 is 1.89 bits per heavy atom. The molecule has 0 amide bonds. The van der Waals surface area contributed by atoms with E-state index in [1.807, 2.05) is 6.92 Å². The van der Waals surface area contributed by atoms with E-state index in [4.69, 9.17) is 9.47 Å². The van der Waals surface area contributed by atoms with Crippen molar-refractivity contribution < 1.29 is 19.1 Å². The molecule has 4 rings (SSSR count). The highest BCUT2D eigenvalue weighted by molar-refractivity contribution is 5.77. The van der Waals surface area contributed by atoms with Crippen LogP contribution in [-0.4, -0.2) is 25.2 Å². The van der Waals surface area contributed by atoms with Gasteiger partial charge in [0.15, 0.2) is 0 Å². The Labute approximate surface area is 278 Å². The summed E-state index contributed by atoms with van der Waals surface area (Å²) in [6, 6.07) is 32.5. The van der Waals surface area contributed by atoms with Crippen molar-refractivity contribution >= 4 is 11.9 Å². The molecule has 1 saturated carbocycles. The molecule has 0 aliphatic heterocycles. The molecule has 1 aliphatic rings. The lowest BCUT2D eigenvalue weighted by atomic mass is 9.59. The zero-order valence-electron chi connectivity index (χ0n) is 28.9. The summed E-state index contributed by atoms with van der Waals surface area (Å²) in [7, 11) is 1.44. The topological polar surface area (TPSA) is 52.6 Å². The third-order valence-corrected chi connectivity index (χ3v) is 10.6. The zero-order valence-corrected chi connectivity index (χ0v) is 28.9. The fourth-order valence-electron chi connectivity index (χ4n) is 7.59. The summed E-state index contributed by atoms with van der Waals surface area (Å²) < 4.78 is 11.5. The monoisotopic (exact) mass is 624 g/mol. The Balaban J connectivity index is 1.87. The Kier molecular flexibility index (Phi) is 13.1. The Hall–Kier alpha value is -3.40. The maximum Gasteiger partial charge on any atom is 0.312 e. The van der Waals surface area contributed by atoms with Crippen LogP contribution in [0.1, 0.15) is 121 Å². The van der Waals surface area contributed by atoms with Crippen molar-refractivity contribution in [1.29, 1.82) is 0 Å². The van der Waals surface area contributed by atoms with Gasteiger partial charge in [-0.05, 0) is 93.2 Å². The number of carbonyl (C=O) groups excluding carboxylic acids is 2. The van der Waals surface area contributed by atoms with Crippen LogP contribution in [-0.2, 0) is 24.5 Å². The fourth-order valence-corrected chi connectivity index (χ4v) is 7.59. The Morgan fingerprint density at radius 2 is 1.37 bits per heavy atom. The van der Waals surface area contributed by atoms with Gasteiger partial charge < -0.3 is 9.47 Å². The second kappa shape index (κ2) is 17.0. The highest BCUT2D eigenvalue weighted by Crippen LogP contribution is 2.51. The first kappa shape index (κ1) is 35.5. The minimum Gasteiger partial charge on any atom is -0.469 e. The van der Waals surface area contributed by atoms with Crippen molar-refractivity contribution in [2.75, 3.05) is 7.11 Å². The van der Waals surface area contributed by atoms with E-state index < -0.39 is 10.8 Å². The van der Waals surface area contributed by atoms with Crippen LogP contribution in [0.3, 0.4) is 0 Å². The summed E-state index contributed by atoms with van der Waals surface area (Å²) in [5.41, 5.74) is 2.45. The third-order valence-electron chi connectivity index (χ3n) is 10.6. The van der Waals surface area contributed by atoms with Crippen LogP contribution in [0.25, 0.3) is 0 Å². The second-order valence-corrected chi connectivity index (χ2v) is 14.2. The lowest BCUT2D eigenvalue weighted by molar-refractivity contribution is -0.164. The molecule has 46 heavy (non-hydrogen) atoms. The van der Waals surface area contributed by atoms with Gasteiger partial charge in [-0.2, -0.15) is 0 Å². The van der Waals surface area contributed by atoms with Gasteiger partial charge in [-0.3, -0.25) is 9.59 Å².